The van der Waals surface area contributed by atoms with E-state index in [-0.39, 0.29) is 115 Å². The van der Waals surface area contributed by atoms with Gasteiger partial charge in [0.15, 0.2) is 58.4 Å². The number of nitrogens with one attached hydrogen (secondary N) is 6. The second-order valence-corrected chi connectivity index (χ2v) is 48.5. The van der Waals surface area contributed by atoms with Gasteiger partial charge in [-0.05, 0) is 128 Å². The van der Waals surface area contributed by atoms with Crippen molar-refractivity contribution in [1.29, 1.82) is 0 Å². The molecule has 808 valence electrons. The first-order valence-electron chi connectivity index (χ1n) is 45.9. The zero-order valence-corrected chi connectivity index (χ0v) is 90.2. The number of hydrogen-bond donors (Lipinski definition) is 16. The summed E-state index contributed by atoms with van der Waals surface area (Å²) < 4.78 is 103. The number of imidazole rings is 2. The number of ether oxygens (including phenoxy) is 4. The Balaban J connectivity index is 0.000000250. The fourth-order valence-electron chi connectivity index (χ4n) is 17.6. The Morgan fingerprint density at radius 3 is 1.29 bits per heavy atom. The van der Waals surface area contributed by atoms with Gasteiger partial charge < -0.3 is 121 Å². The number of nitrogen functional groups attached to an aromatic ring is 2. The number of aliphatic hydroxyl groups is 2. The lowest BCUT2D eigenvalue weighted by Crippen LogP contribution is -2.42. The number of anilines is 4. The Morgan fingerprint density at radius 2 is 0.893 bits per heavy atom. The molecule has 0 saturated carbocycles. The molecular weight excluding hydrogens is 2120 g/mol. The molecule has 0 bridgehead atoms. The monoisotopic (exact) mass is 2240 g/mol. The molecule has 6 unspecified atom stereocenters. The molecule has 4 aliphatic carbocycles. The highest BCUT2D eigenvalue weighted by atomic mass is 32.5. The third kappa shape index (κ3) is 27.4. The normalized spacial score (nSPS) is 21.2. The molecule has 2 saturated heterocycles. The number of hydrogen-bond acceptors (Lipinski definition) is 36. The summed E-state index contributed by atoms with van der Waals surface area (Å²) in [5, 5.41) is 32.7. The molecule has 18 N–H and O–H groups in total. The number of nitrogens with two attached hydrogens (primary N) is 2. The largest absolute Gasteiger partial charge is 0.779 e. The van der Waals surface area contributed by atoms with Crippen LogP contribution in [0.2, 0.25) is 0 Å². The van der Waals surface area contributed by atoms with Crippen LogP contribution >= 0.6 is 44.7 Å². The molecule has 2 aliphatic heterocycles. The lowest BCUT2D eigenvalue weighted by Gasteiger charge is -2.39. The summed E-state index contributed by atoms with van der Waals surface area (Å²) in [4.78, 5) is 213. The van der Waals surface area contributed by atoms with Crippen molar-refractivity contribution in [3.63, 3.8) is 0 Å². The summed E-state index contributed by atoms with van der Waals surface area (Å²) in [6.45, 7) is -3.69. The van der Waals surface area contributed by atoms with Crippen molar-refractivity contribution in [2.45, 2.75) is 113 Å². The fourth-order valence-corrected chi connectivity index (χ4v) is 25.1. The van der Waals surface area contributed by atoms with Crippen LogP contribution < -0.4 is 63.4 Å². The molecule has 52 nitrogen and oxygen atoms in total. The van der Waals surface area contributed by atoms with E-state index in [1.165, 1.54) is 0 Å². The molecule has 0 radical (unpaired) electrons. The highest BCUT2D eigenvalue weighted by Gasteiger charge is 2.53. The molecule has 8 aromatic rings. The number of nitrogens with zero attached hydrogens (tertiary/aromatic N) is 12. The number of phosphoric acid groups is 4. The molecule has 6 amide bonds. The SMILES string of the molecule is CN(CCCC(=O)NCCNC(=O)O[C@@H]1[C@H](O)[C@@H](COP(=O)(O)OP(=O)(O)OP([O-])(O)=S)O[C@H]1n1cnc2c(=O)[nH]c(N)nc21)C(=O)c1ccccc1C1=C2C=CC(=[N+](C)C)C=C2C(C)(C)c2cc(N(C)C)ccc21.CN(CCCC(=O)NCCNC(=O)O[C@H]1[C@@H](O)[C@H](n2cnc3c(=O)[nH]c(N)nc32)O[C@@H]1COP(=O)(O)OP(=O)(O)OP([O-])(O)=S)C(=O)c1ccccc1C1=C2C=CC(=[N+](C)C)C=C2C(C)(C)c2cc(N(C)C)ccc21. The number of aliphatic hydroxyl groups excluding tert-OH is 2. The van der Waals surface area contributed by atoms with Crippen LogP contribution in [0.1, 0.15) is 120 Å². The average Bonchev–Trinajstić information content (AvgIpc) is 1.37. The number of rotatable bonds is 38. The number of phosphoric ester groups is 2. The summed E-state index contributed by atoms with van der Waals surface area (Å²) >= 11 is 7.95. The van der Waals surface area contributed by atoms with E-state index in [4.69, 9.17) is 44.7 Å². The predicted molar refractivity (Wildman–Crippen MR) is 550 cm³/mol. The molecule has 14 rings (SSSR count). The van der Waals surface area contributed by atoms with Gasteiger partial charge in [-0.3, -0.25) is 56.9 Å². The van der Waals surface area contributed by atoms with E-state index < -0.39 is 136 Å². The molecule has 14 atom stereocenters. The third-order valence-corrected chi connectivity index (χ3v) is 33.6. The number of H-pyrrole nitrogens is 2. The number of carbonyl (C=O) groups excluding carboxylic acids is 6. The van der Waals surface area contributed by atoms with Crippen LogP contribution in [0.4, 0.5) is 32.9 Å². The summed E-state index contributed by atoms with van der Waals surface area (Å²) in [5.74, 6) is -1.91. The first-order chi connectivity index (χ1) is 70.1. The van der Waals surface area contributed by atoms with Crippen molar-refractivity contribution in [2.24, 2.45) is 0 Å². The number of amides is 6. The van der Waals surface area contributed by atoms with Gasteiger partial charge in [0, 0.05) is 152 Å². The number of allylic oxidation sites excluding steroid dienone is 10. The topological polar surface area (TPSA) is 717 Å². The number of benzene rings is 4. The maximum atomic E-state index is 14.3. The zero-order chi connectivity index (χ0) is 110. The minimum absolute atomic E-state index is 0.0200. The smallest absolute Gasteiger partial charge is 0.485 e. The van der Waals surface area contributed by atoms with Gasteiger partial charge in [-0.1, -0.05) is 99.8 Å². The van der Waals surface area contributed by atoms with Crippen molar-refractivity contribution in [3.8, 4) is 0 Å². The molecule has 4 aromatic carbocycles. The van der Waals surface area contributed by atoms with Crippen molar-refractivity contribution in [3.05, 3.63) is 222 Å². The molecule has 6 aliphatic rings. The van der Waals surface area contributed by atoms with Crippen LogP contribution in [0.25, 0.3) is 33.5 Å². The third-order valence-electron chi connectivity index (χ3n) is 24.8. The maximum Gasteiger partial charge on any atom is 0.485 e. The van der Waals surface area contributed by atoms with Gasteiger partial charge in [-0.15, -0.1) is 0 Å². The van der Waals surface area contributed by atoms with Crippen LogP contribution in [0, 0.1) is 0 Å². The molecule has 4 aromatic heterocycles. The molecule has 0 spiro atoms. The number of aromatic nitrogens is 8. The van der Waals surface area contributed by atoms with E-state index in [0.717, 1.165) is 111 Å². The van der Waals surface area contributed by atoms with Crippen LogP contribution in [-0.2, 0) is 108 Å². The fraction of sp³-hybridized carbons (Fsp3) is 0.400. The summed E-state index contributed by atoms with van der Waals surface area (Å²) in [6.07, 6.45) is -0.547. The molecular formula is C90H114N20O32P6S2. The second kappa shape index (κ2) is 46.6. The zero-order valence-electron chi connectivity index (χ0n) is 83.2. The Kier molecular flexibility index (Phi) is 35.9. The van der Waals surface area contributed by atoms with Gasteiger partial charge in [-0.2, -0.15) is 18.6 Å². The van der Waals surface area contributed by atoms with E-state index in [2.05, 4.69) is 216 Å². The van der Waals surface area contributed by atoms with Gasteiger partial charge in [0.05, 0.1) is 25.9 Å². The summed E-state index contributed by atoms with van der Waals surface area (Å²) in [7, 11) is -3.43. The van der Waals surface area contributed by atoms with Crippen LogP contribution in [0.5, 0.6) is 0 Å². The molecule has 150 heavy (non-hydrogen) atoms. The summed E-state index contributed by atoms with van der Waals surface area (Å²) in [5.41, 5.74) is 25.6. The lowest BCUT2D eigenvalue weighted by atomic mass is 9.64. The van der Waals surface area contributed by atoms with E-state index in [1.807, 2.05) is 98.8 Å². The second-order valence-electron chi connectivity index (χ2n) is 36.9. The van der Waals surface area contributed by atoms with Crippen molar-refractivity contribution in [1.82, 2.24) is 70.1 Å². The van der Waals surface area contributed by atoms with E-state index in [1.54, 1.807) is 30.0 Å². The Bertz CT molecular complexity index is 7360. The number of aromatic amines is 2. The minimum Gasteiger partial charge on any atom is -0.779 e. The maximum absolute atomic E-state index is 14.3. The highest BCUT2D eigenvalue weighted by molar-refractivity contribution is 8.07. The molecule has 6 heterocycles. The van der Waals surface area contributed by atoms with Gasteiger partial charge in [0.2, 0.25) is 23.7 Å². The molecule has 2 fully saturated rings. The summed E-state index contributed by atoms with van der Waals surface area (Å²) in [6, 6.07) is 27.8. The standard InChI is InChI=1S/2C45H57N10O16P3S/c1-45(2)31-21-25(52(3)4)14-16-29(31)35(30-17-15-26(53(5)6)22-32(30)45)27-11-8-9-12-28(27)41(59)54(7)20-10-13-34(56)47-18-19-48-44(60)69-38-33(23-67-72(61,62)70-73(63,64)71-74(65,66)75)68-42(37(38)57)55-24-49-36-39(55)50-43(46)51-40(36)58;1-45(2)31-21-25(52(3)4)14-16-29(31)35(30-17-15-26(53(5)6)22-32(30)45)27-11-8-9-12-28(27)41(59)54(7)20-10-13-34(56)47-18-19-48-44(60)69-38-37(57)33(23-67-72(61,62)70-73(63,64)71-74(65,66)75)68-42(38)55-24-49-36-39(55)50-43(46)51-40(36)58/h2*8-9,11-12,14-17,21-22,24,33,37-38,42,57H,10,13,18-20,23H2,1-7H3,(H8-,46,47,48,50,51,56,58,60,61,62,63,64,65,66,75)/t2*33-,37-,38-,42-/m11/s1. The number of carbonyl (C=O) groups is 6. The van der Waals surface area contributed by atoms with Crippen LogP contribution in [-0.4, -0.2) is 304 Å². The minimum atomic E-state index is -5.77. The van der Waals surface area contributed by atoms with E-state index in [9.17, 15) is 96.2 Å². The van der Waals surface area contributed by atoms with Gasteiger partial charge in [0.25, 0.3) is 22.9 Å². The predicted octanol–water partition coefficient (Wildman–Crippen LogP) is 3.84. The van der Waals surface area contributed by atoms with Crippen molar-refractivity contribution in [2.75, 3.05) is 144 Å². The van der Waals surface area contributed by atoms with Gasteiger partial charge >= 0.3 is 43.5 Å². The van der Waals surface area contributed by atoms with E-state index >= 15 is 0 Å². The Morgan fingerprint density at radius 1 is 0.513 bits per heavy atom. The van der Waals surface area contributed by atoms with Gasteiger partial charge in [-0.25, -0.2) is 55.6 Å². The Labute approximate surface area is 867 Å². The number of alkyl carbamates (subject to hydrolysis) is 2. The van der Waals surface area contributed by atoms with Gasteiger partial charge in [0.1, 0.15) is 66.0 Å². The van der Waals surface area contributed by atoms with Crippen molar-refractivity contribution < 1.29 is 151 Å². The van der Waals surface area contributed by atoms with Crippen molar-refractivity contribution >= 4 is 172 Å². The van der Waals surface area contributed by atoms with Crippen LogP contribution in [0.3, 0.4) is 0 Å². The first kappa shape index (κ1) is 116. The number of fused-ring (bicyclic) bond motifs is 6. The average molecular weight is 2240 g/mol. The van der Waals surface area contributed by atoms with Crippen LogP contribution in [0.15, 0.2) is 166 Å². The van der Waals surface area contributed by atoms with E-state index in [0.29, 0.717) is 24.0 Å². The highest BCUT2D eigenvalue weighted by Crippen LogP contribution is 2.67. The lowest BCUT2D eigenvalue weighted by molar-refractivity contribution is -0.462. The quantitative estimate of drug-likeness (QED) is 0.0148. The molecule has 60 heteroatoms. The Hall–Kier alpha value is -11.5. The first-order valence-corrected chi connectivity index (χ1v) is 57.1.